The van der Waals surface area contributed by atoms with Crippen molar-refractivity contribution in [2.24, 2.45) is 0 Å². The van der Waals surface area contributed by atoms with Crippen molar-refractivity contribution in [3.05, 3.63) is 11.8 Å². The Kier molecular flexibility index (Phi) is 13.7. The van der Waals surface area contributed by atoms with Crippen LogP contribution in [0.1, 0.15) is 72.6 Å². The number of hydrogen-bond acceptors (Lipinski definition) is 3. The summed E-state index contributed by atoms with van der Waals surface area (Å²) in [5, 5.41) is 0. The zero-order valence-electron chi connectivity index (χ0n) is 14.0. The van der Waals surface area contributed by atoms with E-state index in [4.69, 9.17) is 13.3 Å². The first-order chi connectivity index (χ1) is 9.74. The normalized spacial score (nSPS) is 12.4. The average Bonchev–Trinajstić information content (AvgIpc) is 2.48. The summed E-state index contributed by atoms with van der Waals surface area (Å²) in [6.07, 6.45) is 10.0. The predicted molar refractivity (Wildman–Crippen MR) is 87.8 cm³/mol. The lowest BCUT2D eigenvalue weighted by atomic mass is 10.2. The van der Waals surface area contributed by atoms with Crippen LogP contribution < -0.4 is 0 Å². The minimum atomic E-state index is -2.60. The molecule has 0 aliphatic carbocycles. The molecule has 0 aromatic carbocycles. The summed E-state index contributed by atoms with van der Waals surface area (Å²) in [6.45, 7) is 10.7. The van der Waals surface area contributed by atoms with Gasteiger partial charge in [0.2, 0.25) is 0 Å². The van der Waals surface area contributed by atoms with E-state index in [1.54, 1.807) is 0 Å². The molecule has 0 atom stereocenters. The van der Waals surface area contributed by atoms with E-state index in [0.717, 1.165) is 25.7 Å². The highest BCUT2D eigenvalue weighted by Gasteiger charge is 2.37. The van der Waals surface area contributed by atoms with E-state index >= 15 is 0 Å². The molecule has 0 aromatic heterocycles. The van der Waals surface area contributed by atoms with Gasteiger partial charge in [-0.3, -0.25) is 0 Å². The average molecular weight is 303 g/mol. The summed E-state index contributed by atoms with van der Waals surface area (Å²) < 4.78 is 18.0. The first-order valence-corrected chi connectivity index (χ1v) is 10.1. The Morgan fingerprint density at radius 2 is 1.20 bits per heavy atom. The van der Waals surface area contributed by atoms with E-state index in [1.807, 2.05) is 0 Å². The molecule has 0 heterocycles. The first-order valence-electron chi connectivity index (χ1n) is 8.34. The van der Waals surface area contributed by atoms with Crippen LogP contribution in [0, 0.1) is 0 Å². The van der Waals surface area contributed by atoms with Gasteiger partial charge in [0.25, 0.3) is 0 Å². The topological polar surface area (TPSA) is 27.7 Å². The van der Waals surface area contributed by atoms with E-state index in [-0.39, 0.29) is 0 Å². The van der Waals surface area contributed by atoms with Gasteiger partial charge in [0, 0.05) is 19.8 Å². The summed E-state index contributed by atoms with van der Waals surface area (Å²) in [5.74, 6) is 0. The van der Waals surface area contributed by atoms with Crippen LogP contribution in [0.15, 0.2) is 11.8 Å². The molecule has 0 spiro atoms. The van der Waals surface area contributed by atoms with Crippen LogP contribution in [0.3, 0.4) is 0 Å². The molecule has 120 valence electrons. The van der Waals surface area contributed by atoms with Crippen molar-refractivity contribution in [2.75, 3.05) is 19.8 Å². The van der Waals surface area contributed by atoms with Crippen LogP contribution in [0.2, 0.25) is 0 Å². The Morgan fingerprint density at radius 1 is 0.700 bits per heavy atom. The summed E-state index contributed by atoms with van der Waals surface area (Å²) in [4.78, 5) is 0. The Labute approximate surface area is 127 Å². The van der Waals surface area contributed by atoms with Crippen molar-refractivity contribution in [1.82, 2.24) is 0 Å². The zero-order valence-corrected chi connectivity index (χ0v) is 15.0. The second kappa shape index (κ2) is 13.8. The third-order valence-electron chi connectivity index (χ3n) is 2.82. The molecule has 0 unspecified atom stereocenters. The van der Waals surface area contributed by atoms with Gasteiger partial charge < -0.3 is 13.3 Å². The van der Waals surface area contributed by atoms with E-state index in [0.29, 0.717) is 19.8 Å². The minimum Gasteiger partial charge on any atom is -0.370 e. The first kappa shape index (κ1) is 19.8. The van der Waals surface area contributed by atoms with Crippen molar-refractivity contribution >= 4 is 8.80 Å². The van der Waals surface area contributed by atoms with Crippen molar-refractivity contribution in [1.29, 1.82) is 0 Å². The van der Waals surface area contributed by atoms with E-state index < -0.39 is 8.80 Å². The molecule has 0 saturated carbocycles. The van der Waals surface area contributed by atoms with Gasteiger partial charge in [-0.15, -0.1) is 0 Å². The van der Waals surface area contributed by atoms with E-state index in [1.165, 1.54) is 19.3 Å². The Balaban J connectivity index is 4.56. The predicted octanol–water partition coefficient (Wildman–Crippen LogP) is 4.88. The quantitative estimate of drug-likeness (QED) is 0.338. The molecule has 0 aromatic rings. The fraction of sp³-hybridized carbons (Fsp3) is 0.875. The maximum Gasteiger partial charge on any atom is 0.529 e. The van der Waals surface area contributed by atoms with Crippen LogP contribution in [0.25, 0.3) is 0 Å². The lowest BCUT2D eigenvalue weighted by Crippen LogP contribution is -2.45. The molecular weight excluding hydrogens is 268 g/mol. The third kappa shape index (κ3) is 9.70. The van der Waals surface area contributed by atoms with Crippen LogP contribution in [-0.4, -0.2) is 28.6 Å². The van der Waals surface area contributed by atoms with Crippen molar-refractivity contribution in [2.45, 2.75) is 72.6 Å². The zero-order chi connectivity index (χ0) is 15.1. The smallest absolute Gasteiger partial charge is 0.370 e. The van der Waals surface area contributed by atoms with Crippen molar-refractivity contribution < 1.29 is 13.3 Å². The maximum absolute atomic E-state index is 6.00. The van der Waals surface area contributed by atoms with Crippen LogP contribution in [0.5, 0.6) is 0 Å². The molecule has 0 saturated heterocycles. The van der Waals surface area contributed by atoms with E-state index in [2.05, 4.69) is 39.5 Å². The van der Waals surface area contributed by atoms with Gasteiger partial charge in [0.15, 0.2) is 0 Å². The third-order valence-corrected chi connectivity index (χ3v) is 5.28. The molecule has 0 radical (unpaired) electrons. The fourth-order valence-corrected chi connectivity index (χ4v) is 4.20. The van der Waals surface area contributed by atoms with Gasteiger partial charge in [-0.25, -0.2) is 0 Å². The largest absolute Gasteiger partial charge is 0.529 e. The lowest BCUT2D eigenvalue weighted by Gasteiger charge is -2.26. The number of rotatable bonds is 14. The highest BCUT2D eigenvalue weighted by atomic mass is 28.4. The number of unbranched alkanes of at least 4 members (excludes halogenated alkanes) is 3. The van der Waals surface area contributed by atoms with Gasteiger partial charge in [-0.1, -0.05) is 46.6 Å². The van der Waals surface area contributed by atoms with Crippen LogP contribution in [-0.2, 0) is 13.3 Å². The molecule has 0 N–H and O–H groups in total. The molecular formula is C16H34O3Si. The monoisotopic (exact) mass is 302 g/mol. The SMILES string of the molecule is CCCCC/C=C/[Si](OCCC)(OCCC)OCCC. The Bertz CT molecular complexity index is 210. The standard InChI is InChI=1S/C16H34O3Si/c1-5-9-10-11-12-16-20(17-13-6-2,18-14-7-3)19-15-8-4/h12,16H,5-11,13-15H2,1-4H3/b16-12+. The maximum atomic E-state index is 6.00. The fourth-order valence-electron chi connectivity index (χ4n) is 1.74. The van der Waals surface area contributed by atoms with E-state index in [9.17, 15) is 0 Å². The molecule has 4 heteroatoms. The summed E-state index contributed by atoms with van der Waals surface area (Å²) in [7, 11) is -2.60. The molecule has 0 aliphatic heterocycles. The minimum absolute atomic E-state index is 0.707. The molecule has 0 amide bonds. The Morgan fingerprint density at radius 3 is 1.60 bits per heavy atom. The highest BCUT2D eigenvalue weighted by Crippen LogP contribution is 2.15. The second-order valence-electron chi connectivity index (χ2n) is 5.05. The number of allylic oxidation sites excluding steroid dienone is 1. The molecule has 0 aliphatic rings. The lowest BCUT2D eigenvalue weighted by molar-refractivity contribution is 0.0715. The van der Waals surface area contributed by atoms with Gasteiger partial charge in [0.1, 0.15) is 0 Å². The second-order valence-corrected chi connectivity index (χ2v) is 7.45. The highest BCUT2D eigenvalue weighted by molar-refractivity contribution is 6.66. The summed E-state index contributed by atoms with van der Waals surface area (Å²) in [6, 6.07) is 0. The van der Waals surface area contributed by atoms with Gasteiger partial charge >= 0.3 is 8.80 Å². The van der Waals surface area contributed by atoms with Gasteiger partial charge in [0.05, 0.1) is 0 Å². The van der Waals surface area contributed by atoms with Crippen LogP contribution in [0.4, 0.5) is 0 Å². The Hall–Kier alpha value is -0.163. The van der Waals surface area contributed by atoms with Crippen molar-refractivity contribution in [3.63, 3.8) is 0 Å². The summed E-state index contributed by atoms with van der Waals surface area (Å²) in [5.41, 5.74) is 2.10. The number of hydrogen-bond donors (Lipinski definition) is 0. The van der Waals surface area contributed by atoms with Gasteiger partial charge in [-0.2, -0.15) is 0 Å². The molecule has 20 heavy (non-hydrogen) atoms. The van der Waals surface area contributed by atoms with Crippen molar-refractivity contribution in [3.8, 4) is 0 Å². The van der Waals surface area contributed by atoms with Gasteiger partial charge in [-0.05, 0) is 37.8 Å². The summed E-state index contributed by atoms with van der Waals surface area (Å²) >= 11 is 0. The molecule has 0 rings (SSSR count). The molecule has 3 nitrogen and oxygen atoms in total. The molecule has 0 bridgehead atoms. The van der Waals surface area contributed by atoms with Crippen LogP contribution >= 0.6 is 0 Å². The molecule has 0 fully saturated rings.